The Hall–Kier alpha value is -2.30. The SMILES string of the molecule is CCOC(=O)CCC(=O)Nc1ccc2oc3c(c2c1)CCCCC3. The van der Waals surface area contributed by atoms with Crippen LogP contribution in [0.25, 0.3) is 11.0 Å². The highest BCUT2D eigenvalue weighted by Crippen LogP contribution is 2.32. The lowest BCUT2D eigenvalue weighted by Crippen LogP contribution is -2.14. The summed E-state index contributed by atoms with van der Waals surface area (Å²) >= 11 is 0. The Morgan fingerprint density at radius 1 is 1.17 bits per heavy atom. The van der Waals surface area contributed by atoms with Gasteiger partial charge >= 0.3 is 5.97 Å². The van der Waals surface area contributed by atoms with Crippen molar-refractivity contribution in [3.63, 3.8) is 0 Å². The van der Waals surface area contributed by atoms with E-state index in [-0.39, 0.29) is 24.7 Å². The molecule has 5 heteroatoms. The summed E-state index contributed by atoms with van der Waals surface area (Å²) < 4.78 is 10.8. The zero-order valence-electron chi connectivity index (χ0n) is 14.0. The number of nitrogens with one attached hydrogen (secondary N) is 1. The van der Waals surface area contributed by atoms with Crippen molar-refractivity contribution in [3.05, 3.63) is 29.5 Å². The third-order valence-electron chi connectivity index (χ3n) is 4.35. The summed E-state index contributed by atoms with van der Waals surface area (Å²) in [5.41, 5.74) is 2.90. The van der Waals surface area contributed by atoms with Crippen molar-refractivity contribution in [2.24, 2.45) is 0 Å². The van der Waals surface area contributed by atoms with Crippen LogP contribution in [0.2, 0.25) is 0 Å². The number of fused-ring (bicyclic) bond motifs is 3. The van der Waals surface area contributed by atoms with Crippen LogP contribution < -0.4 is 5.32 Å². The minimum absolute atomic E-state index is 0.100. The van der Waals surface area contributed by atoms with Crippen LogP contribution in [0.15, 0.2) is 22.6 Å². The van der Waals surface area contributed by atoms with Gasteiger partial charge in [0.1, 0.15) is 11.3 Å². The predicted molar refractivity (Wildman–Crippen MR) is 92.0 cm³/mol. The zero-order valence-corrected chi connectivity index (χ0v) is 14.0. The van der Waals surface area contributed by atoms with Gasteiger partial charge in [-0.2, -0.15) is 0 Å². The molecule has 3 rings (SSSR count). The number of hydrogen-bond acceptors (Lipinski definition) is 4. The van der Waals surface area contributed by atoms with E-state index >= 15 is 0 Å². The molecule has 24 heavy (non-hydrogen) atoms. The van der Waals surface area contributed by atoms with Gasteiger partial charge in [0.2, 0.25) is 5.91 Å². The third-order valence-corrected chi connectivity index (χ3v) is 4.35. The van der Waals surface area contributed by atoms with Crippen molar-refractivity contribution in [1.29, 1.82) is 0 Å². The lowest BCUT2D eigenvalue weighted by Gasteiger charge is -2.06. The molecular formula is C19H23NO4. The van der Waals surface area contributed by atoms with Gasteiger partial charge in [-0.3, -0.25) is 9.59 Å². The lowest BCUT2D eigenvalue weighted by atomic mass is 10.1. The summed E-state index contributed by atoms with van der Waals surface area (Å²) in [6.45, 7) is 2.09. The fourth-order valence-electron chi connectivity index (χ4n) is 3.19. The van der Waals surface area contributed by atoms with E-state index < -0.39 is 0 Å². The fourth-order valence-corrected chi connectivity index (χ4v) is 3.19. The summed E-state index contributed by atoms with van der Waals surface area (Å²) in [5, 5.41) is 3.95. The maximum atomic E-state index is 12.0. The van der Waals surface area contributed by atoms with Crippen LogP contribution in [0.3, 0.4) is 0 Å². The zero-order chi connectivity index (χ0) is 16.9. The Labute approximate surface area is 141 Å². The summed E-state index contributed by atoms with van der Waals surface area (Å²) in [7, 11) is 0. The standard InChI is InChI=1S/C19H23NO4/c1-2-23-19(22)11-10-18(21)20-13-8-9-17-15(12-13)14-6-4-3-5-7-16(14)24-17/h8-9,12H,2-7,10-11H2,1H3,(H,20,21). The van der Waals surface area contributed by atoms with Crippen LogP contribution in [0.1, 0.15) is 50.4 Å². The molecule has 0 saturated carbocycles. The lowest BCUT2D eigenvalue weighted by molar-refractivity contribution is -0.144. The molecule has 1 aromatic carbocycles. The van der Waals surface area contributed by atoms with Gasteiger partial charge in [0, 0.05) is 29.5 Å². The number of carbonyl (C=O) groups is 2. The van der Waals surface area contributed by atoms with Gasteiger partial charge in [0.25, 0.3) is 0 Å². The molecule has 0 atom stereocenters. The van der Waals surface area contributed by atoms with Gasteiger partial charge in [0.15, 0.2) is 0 Å². The monoisotopic (exact) mass is 329 g/mol. The second-order valence-electron chi connectivity index (χ2n) is 6.13. The Morgan fingerprint density at radius 2 is 2.00 bits per heavy atom. The average molecular weight is 329 g/mol. The molecule has 0 saturated heterocycles. The first kappa shape index (κ1) is 16.6. The summed E-state index contributed by atoms with van der Waals surface area (Å²) in [6.07, 6.45) is 5.83. The van der Waals surface area contributed by atoms with Crippen LogP contribution in [-0.2, 0) is 27.2 Å². The van der Waals surface area contributed by atoms with Crippen molar-refractivity contribution in [1.82, 2.24) is 0 Å². The number of rotatable bonds is 5. The molecule has 1 aliphatic carbocycles. The molecule has 1 heterocycles. The molecule has 0 unspecified atom stereocenters. The van der Waals surface area contributed by atoms with Crippen molar-refractivity contribution >= 4 is 28.5 Å². The molecule has 2 aromatic rings. The van der Waals surface area contributed by atoms with E-state index in [1.165, 1.54) is 24.8 Å². The summed E-state index contributed by atoms with van der Waals surface area (Å²) in [5.74, 6) is 0.563. The number of anilines is 1. The van der Waals surface area contributed by atoms with Crippen LogP contribution in [0, 0.1) is 0 Å². The van der Waals surface area contributed by atoms with Crippen LogP contribution in [0.5, 0.6) is 0 Å². The Balaban J connectivity index is 1.70. The molecule has 1 amide bonds. The fraction of sp³-hybridized carbons (Fsp3) is 0.474. The van der Waals surface area contributed by atoms with Gasteiger partial charge < -0.3 is 14.5 Å². The van der Waals surface area contributed by atoms with E-state index in [9.17, 15) is 9.59 Å². The summed E-state index contributed by atoms with van der Waals surface area (Å²) in [6, 6.07) is 5.73. The topological polar surface area (TPSA) is 68.5 Å². The first-order valence-electron chi connectivity index (χ1n) is 8.67. The molecule has 0 fully saturated rings. The van der Waals surface area contributed by atoms with Crippen LogP contribution in [-0.4, -0.2) is 18.5 Å². The van der Waals surface area contributed by atoms with Gasteiger partial charge in [-0.15, -0.1) is 0 Å². The van der Waals surface area contributed by atoms with Crippen molar-refractivity contribution < 1.29 is 18.7 Å². The van der Waals surface area contributed by atoms with Gasteiger partial charge in [-0.05, 0) is 44.4 Å². The quantitative estimate of drug-likeness (QED) is 0.665. The van der Waals surface area contributed by atoms with E-state index in [1.807, 2.05) is 18.2 Å². The molecule has 5 nitrogen and oxygen atoms in total. The third kappa shape index (κ3) is 3.78. The van der Waals surface area contributed by atoms with E-state index in [4.69, 9.17) is 9.15 Å². The van der Waals surface area contributed by atoms with Crippen LogP contribution in [0.4, 0.5) is 5.69 Å². The molecule has 1 aromatic heterocycles. The number of furan rings is 1. The average Bonchev–Trinajstić information content (AvgIpc) is 2.75. The van der Waals surface area contributed by atoms with Gasteiger partial charge in [0.05, 0.1) is 13.0 Å². The number of ether oxygens (including phenoxy) is 1. The van der Waals surface area contributed by atoms with Crippen LogP contribution >= 0.6 is 0 Å². The number of amides is 1. The molecule has 0 radical (unpaired) electrons. The second kappa shape index (κ2) is 7.51. The maximum Gasteiger partial charge on any atom is 0.306 e. The maximum absolute atomic E-state index is 12.0. The van der Waals surface area contributed by atoms with E-state index in [0.29, 0.717) is 6.61 Å². The Bertz CT molecular complexity index is 747. The van der Waals surface area contributed by atoms with Crippen molar-refractivity contribution in [2.45, 2.75) is 51.9 Å². The number of hydrogen-bond donors (Lipinski definition) is 1. The molecule has 0 bridgehead atoms. The highest BCUT2D eigenvalue weighted by Gasteiger charge is 2.17. The number of esters is 1. The number of benzene rings is 1. The van der Waals surface area contributed by atoms with Crippen molar-refractivity contribution in [2.75, 3.05) is 11.9 Å². The first-order chi connectivity index (χ1) is 11.7. The molecule has 128 valence electrons. The second-order valence-corrected chi connectivity index (χ2v) is 6.13. The Morgan fingerprint density at radius 3 is 2.83 bits per heavy atom. The van der Waals surface area contributed by atoms with E-state index in [0.717, 1.165) is 35.3 Å². The Kier molecular flexibility index (Phi) is 5.18. The van der Waals surface area contributed by atoms with Gasteiger partial charge in [-0.1, -0.05) is 6.42 Å². The van der Waals surface area contributed by atoms with Gasteiger partial charge in [-0.25, -0.2) is 0 Å². The molecule has 0 spiro atoms. The summed E-state index contributed by atoms with van der Waals surface area (Å²) in [4.78, 5) is 23.3. The highest BCUT2D eigenvalue weighted by atomic mass is 16.5. The molecule has 1 aliphatic rings. The largest absolute Gasteiger partial charge is 0.466 e. The van der Waals surface area contributed by atoms with E-state index in [1.54, 1.807) is 6.92 Å². The molecular weight excluding hydrogens is 306 g/mol. The molecule has 0 aliphatic heterocycles. The molecule has 1 N–H and O–H groups in total. The number of aryl methyl sites for hydroxylation is 2. The predicted octanol–water partition coefficient (Wildman–Crippen LogP) is 3.98. The number of carbonyl (C=O) groups excluding carboxylic acids is 2. The van der Waals surface area contributed by atoms with E-state index in [2.05, 4.69) is 5.32 Å². The minimum atomic E-state index is -0.344. The smallest absolute Gasteiger partial charge is 0.306 e. The highest BCUT2D eigenvalue weighted by molar-refractivity contribution is 5.95. The first-order valence-corrected chi connectivity index (χ1v) is 8.67. The minimum Gasteiger partial charge on any atom is -0.466 e. The normalized spacial score (nSPS) is 14.0. The van der Waals surface area contributed by atoms with Crippen molar-refractivity contribution in [3.8, 4) is 0 Å².